The zero-order valence-corrected chi connectivity index (χ0v) is 9.86. The van der Waals surface area contributed by atoms with Crippen LogP contribution in [0.2, 0.25) is 0 Å². The molecular weight excluding hydrogens is 195 g/mol. The van der Waals surface area contributed by atoms with Gasteiger partial charge >= 0.3 is 0 Å². The summed E-state index contributed by atoms with van der Waals surface area (Å²) in [6.07, 6.45) is -0.337. The van der Waals surface area contributed by atoms with Gasteiger partial charge in [-0.2, -0.15) is 0 Å². The van der Waals surface area contributed by atoms with Crippen molar-refractivity contribution in [2.24, 2.45) is 0 Å². The Bertz CT molecular complexity index is 198. The van der Waals surface area contributed by atoms with Crippen LogP contribution < -0.4 is 0 Å². The van der Waals surface area contributed by atoms with Gasteiger partial charge in [0.1, 0.15) is 20.1 Å². The molecule has 0 aromatic carbocycles. The van der Waals surface area contributed by atoms with E-state index in [1.807, 2.05) is 13.8 Å². The van der Waals surface area contributed by atoms with E-state index in [2.05, 4.69) is 0 Å². The third kappa shape index (κ3) is 3.45. The SMILES string of the molecule is [B][C@@H]1OC[C@H](OC)C1OC(C)(C)COC. The lowest BCUT2D eigenvalue weighted by Crippen LogP contribution is -2.43. The van der Waals surface area contributed by atoms with Crippen molar-refractivity contribution in [2.75, 3.05) is 27.4 Å². The molecule has 86 valence electrons. The van der Waals surface area contributed by atoms with Crippen LogP contribution in [0.15, 0.2) is 0 Å². The van der Waals surface area contributed by atoms with E-state index in [4.69, 9.17) is 26.8 Å². The molecule has 0 saturated carbocycles. The molecule has 1 fully saturated rings. The van der Waals surface area contributed by atoms with Crippen LogP contribution in [0.25, 0.3) is 0 Å². The minimum Gasteiger partial charge on any atom is -0.382 e. The Morgan fingerprint density at radius 1 is 1.40 bits per heavy atom. The molecule has 1 rings (SSSR count). The summed E-state index contributed by atoms with van der Waals surface area (Å²) in [5, 5.41) is 0. The lowest BCUT2D eigenvalue weighted by Gasteiger charge is -2.31. The Hall–Kier alpha value is -0.0951. The van der Waals surface area contributed by atoms with Gasteiger partial charge in [-0.05, 0) is 13.8 Å². The average Bonchev–Trinajstić information content (AvgIpc) is 2.47. The van der Waals surface area contributed by atoms with Crippen molar-refractivity contribution in [2.45, 2.75) is 37.7 Å². The third-order valence-electron chi connectivity index (χ3n) is 2.39. The molecule has 0 aromatic rings. The van der Waals surface area contributed by atoms with Crippen LogP contribution in [0.5, 0.6) is 0 Å². The second-order valence-corrected chi connectivity index (χ2v) is 4.35. The highest BCUT2D eigenvalue weighted by atomic mass is 16.6. The second-order valence-electron chi connectivity index (χ2n) is 4.35. The van der Waals surface area contributed by atoms with Crippen molar-refractivity contribution in [3.63, 3.8) is 0 Å². The van der Waals surface area contributed by atoms with Gasteiger partial charge in [0.25, 0.3) is 0 Å². The van der Waals surface area contributed by atoms with Crippen LogP contribution in [0.1, 0.15) is 13.8 Å². The average molecular weight is 214 g/mol. The Labute approximate surface area is 92.6 Å². The van der Waals surface area contributed by atoms with Crippen LogP contribution in [0.3, 0.4) is 0 Å². The Kier molecular flexibility index (Phi) is 4.58. The Morgan fingerprint density at radius 3 is 2.60 bits per heavy atom. The van der Waals surface area contributed by atoms with E-state index in [1.165, 1.54) is 0 Å². The molecule has 0 aliphatic carbocycles. The molecule has 15 heavy (non-hydrogen) atoms. The van der Waals surface area contributed by atoms with Crippen molar-refractivity contribution in [3.8, 4) is 0 Å². The summed E-state index contributed by atoms with van der Waals surface area (Å²) in [7, 11) is 9.05. The Morgan fingerprint density at radius 2 is 2.07 bits per heavy atom. The summed E-state index contributed by atoms with van der Waals surface area (Å²) >= 11 is 0. The lowest BCUT2D eigenvalue weighted by molar-refractivity contribution is -0.137. The topological polar surface area (TPSA) is 36.9 Å². The fourth-order valence-electron chi connectivity index (χ4n) is 1.70. The molecule has 4 nitrogen and oxygen atoms in total. The van der Waals surface area contributed by atoms with Crippen LogP contribution in [-0.4, -0.2) is 59.1 Å². The molecule has 0 bridgehead atoms. The first-order valence-corrected chi connectivity index (χ1v) is 5.07. The van der Waals surface area contributed by atoms with E-state index < -0.39 is 6.00 Å². The van der Waals surface area contributed by atoms with Crippen molar-refractivity contribution in [1.82, 2.24) is 0 Å². The first-order valence-electron chi connectivity index (χ1n) is 5.07. The molecule has 0 aromatic heterocycles. The van der Waals surface area contributed by atoms with E-state index in [-0.39, 0.29) is 17.8 Å². The maximum Gasteiger partial charge on any atom is 0.112 e. The number of ether oxygens (including phenoxy) is 4. The molecule has 0 N–H and O–H groups in total. The van der Waals surface area contributed by atoms with Crippen LogP contribution in [0, 0.1) is 0 Å². The molecule has 1 aliphatic heterocycles. The molecular formula is C10H19BO4. The largest absolute Gasteiger partial charge is 0.382 e. The van der Waals surface area contributed by atoms with Crippen molar-refractivity contribution in [3.05, 3.63) is 0 Å². The Balaban J connectivity index is 2.54. The summed E-state index contributed by atoms with van der Waals surface area (Å²) in [6.45, 7) is 4.89. The minimum absolute atomic E-state index is 0.101. The smallest absolute Gasteiger partial charge is 0.112 e. The summed E-state index contributed by atoms with van der Waals surface area (Å²) in [5.74, 6) is 0. The first kappa shape index (κ1) is 13.0. The van der Waals surface area contributed by atoms with E-state index >= 15 is 0 Å². The van der Waals surface area contributed by atoms with Gasteiger partial charge in [0, 0.05) is 20.2 Å². The van der Waals surface area contributed by atoms with Gasteiger partial charge in [0.2, 0.25) is 0 Å². The zero-order valence-electron chi connectivity index (χ0n) is 9.86. The molecule has 2 radical (unpaired) electrons. The number of hydrogen-bond donors (Lipinski definition) is 0. The fraction of sp³-hybridized carbons (Fsp3) is 1.00. The molecule has 0 amide bonds. The predicted octanol–water partition coefficient (Wildman–Crippen LogP) is 0.336. The van der Waals surface area contributed by atoms with Gasteiger partial charge in [-0.1, -0.05) is 0 Å². The predicted molar refractivity (Wildman–Crippen MR) is 57.1 cm³/mol. The number of rotatable bonds is 5. The lowest BCUT2D eigenvalue weighted by atomic mass is 9.93. The van der Waals surface area contributed by atoms with Crippen LogP contribution in [-0.2, 0) is 18.9 Å². The molecule has 5 heteroatoms. The van der Waals surface area contributed by atoms with Crippen LogP contribution in [0.4, 0.5) is 0 Å². The summed E-state index contributed by atoms with van der Waals surface area (Å²) < 4.78 is 21.5. The molecule has 0 spiro atoms. The molecule has 1 saturated heterocycles. The normalized spacial score (nSPS) is 32.1. The number of hydrogen-bond acceptors (Lipinski definition) is 4. The number of methoxy groups -OCH3 is 2. The second kappa shape index (κ2) is 5.30. The maximum atomic E-state index is 5.85. The van der Waals surface area contributed by atoms with Gasteiger partial charge in [0.15, 0.2) is 0 Å². The standard InChI is InChI=1S/C10H19BO4/c1-10(2,6-12-3)15-8-7(13-4)5-14-9(8)11/h7-9H,5-6H2,1-4H3/t7-,8?,9+/m0/s1. The van der Waals surface area contributed by atoms with E-state index in [0.717, 1.165) is 0 Å². The highest BCUT2D eigenvalue weighted by Crippen LogP contribution is 2.23. The first-order chi connectivity index (χ1) is 7.00. The van der Waals surface area contributed by atoms with Gasteiger partial charge in [-0.25, -0.2) is 0 Å². The monoisotopic (exact) mass is 214 g/mol. The van der Waals surface area contributed by atoms with E-state index in [0.29, 0.717) is 13.2 Å². The maximum absolute atomic E-state index is 5.85. The molecule has 1 heterocycles. The highest BCUT2D eigenvalue weighted by Gasteiger charge is 2.38. The molecule has 1 unspecified atom stereocenters. The van der Waals surface area contributed by atoms with Gasteiger partial charge in [-0.3, -0.25) is 0 Å². The zero-order chi connectivity index (χ0) is 11.5. The fourth-order valence-corrected chi connectivity index (χ4v) is 1.70. The minimum atomic E-state index is -0.425. The molecule has 3 atom stereocenters. The summed E-state index contributed by atoms with van der Waals surface area (Å²) in [4.78, 5) is 0. The van der Waals surface area contributed by atoms with E-state index in [9.17, 15) is 0 Å². The van der Waals surface area contributed by atoms with Gasteiger partial charge in [-0.15, -0.1) is 0 Å². The summed E-state index contributed by atoms with van der Waals surface area (Å²) in [5.41, 5.74) is -0.387. The van der Waals surface area contributed by atoms with Gasteiger partial charge < -0.3 is 18.9 Å². The van der Waals surface area contributed by atoms with Crippen molar-refractivity contribution < 1.29 is 18.9 Å². The van der Waals surface area contributed by atoms with Crippen molar-refractivity contribution in [1.29, 1.82) is 0 Å². The van der Waals surface area contributed by atoms with Crippen molar-refractivity contribution >= 4 is 7.85 Å². The third-order valence-corrected chi connectivity index (χ3v) is 2.39. The van der Waals surface area contributed by atoms with Gasteiger partial charge in [0.05, 0.1) is 18.8 Å². The summed E-state index contributed by atoms with van der Waals surface area (Å²) in [6, 6.07) is -0.425. The highest BCUT2D eigenvalue weighted by molar-refractivity contribution is 6.11. The van der Waals surface area contributed by atoms with Crippen LogP contribution >= 0.6 is 0 Å². The van der Waals surface area contributed by atoms with E-state index in [1.54, 1.807) is 14.2 Å². The molecule has 1 aliphatic rings. The quantitative estimate of drug-likeness (QED) is 0.618.